The second-order valence-electron chi connectivity index (χ2n) is 7.78. The highest BCUT2D eigenvalue weighted by atomic mass is 19.1. The molecule has 0 bridgehead atoms. The van der Waals surface area contributed by atoms with Crippen LogP contribution in [0.4, 0.5) is 20.6 Å². The topological polar surface area (TPSA) is 73.9 Å². The lowest BCUT2D eigenvalue weighted by atomic mass is 10.1. The number of anilines is 2. The summed E-state index contributed by atoms with van der Waals surface area (Å²) in [5.74, 6) is -0.757. The van der Waals surface area contributed by atoms with Crippen molar-refractivity contribution in [2.75, 3.05) is 51.1 Å². The molecule has 1 saturated heterocycles. The zero-order chi connectivity index (χ0) is 22.4. The van der Waals surface area contributed by atoms with Crippen molar-refractivity contribution >= 4 is 23.4 Å². The molecule has 2 N–H and O–H groups in total. The summed E-state index contributed by atoms with van der Waals surface area (Å²) in [4.78, 5) is 28.8. The Hall–Kier alpha value is -3.13. The van der Waals surface area contributed by atoms with E-state index < -0.39 is 5.97 Å². The van der Waals surface area contributed by atoms with Crippen LogP contribution in [0.1, 0.15) is 34.8 Å². The fraction of sp³-hybridized carbons (Fsp3) is 0.391. The van der Waals surface area contributed by atoms with Gasteiger partial charge in [0.2, 0.25) is 0 Å². The summed E-state index contributed by atoms with van der Waals surface area (Å²) in [6, 6.07) is 10.9. The molecular formula is C23H29FN4O3. The van der Waals surface area contributed by atoms with E-state index in [1.165, 1.54) is 19.2 Å². The maximum atomic E-state index is 13.3. The van der Waals surface area contributed by atoms with E-state index in [0.717, 1.165) is 37.2 Å². The third-order valence-corrected chi connectivity index (χ3v) is 5.45. The molecule has 0 spiro atoms. The number of hydrogen-bond acceptors (Lipinski definition) is 5. The minimum Gasteiger partial charge on any atom is -0.465 e. The summed E-state index contributed by atoms with van der Waals surface area (Å²) in [6.07, 6.45) is 2.18. The van der Waals surface area contributed by atoms with Crippen LogP contribution in [0, 0.1) is 5.82 Å². The quantitative estimate of drug-likeness (QED) is 0.659. The molecule has 1 aliphatic rings. The van der Waals surface area contributed by atoms with Crippen LogP contribution in [-0.2, 0) is 4.74 Å². The Morgan fingerprint density at radius 2 is 1.81 bits per heavy atom. The van der Waals surface area contributed by atoms with Crippen molar-refractivity contribution < 1.29 is 18.7 Å². The lowest BCUT2D eigenvalue weighted by Gasteiger charge is -2.26. The summed E-state index contributed by atoms with van der Waals surface area (Å²) in [6.45, 7) is 2.14. The van der Waals surface area contributed by atoms with Crippen molar-refractivity contribution in [3.8, 4) is 0 Å². The Balaban J connectivity index is 1.73. The Bertz CT molecular complexity index is 912. The van der Waals surface area contributed by atoms with Gasteiger partial charge in [-0.3, -0.25) is 0 Å². The Labute approximate surface area is 182 Å². The summed E-state index contributed by atoms with van der Waals surface area (Å²) >= 11 is 0. The number of nitrogens with one attached hydrogen (secondary N) is 2. The molecule has 166 valence electrons. The van der Waals surface area contributed by atoms with E-state index in [9.17, 15) is 14.0 Å². The highest BCUT2D eigenvalue weighted by Crippen LogP contribution is 2.30. The van der Waals surface area contributed by atoms with Crippen molar-refractivity contribution in [2.45, 2.75) is 18.9 Å². The standard InChI is InChI=1S/C23H29FN4O3/c1-27(2)21(16-6-9-18(24)10-7-16)15-25-23(30)26-19-14-17(22(29)31-3)8-11-20(19)28-12-4-5-13-28/h6-11,14,21H,4-5,12-13,15H2,1-3H3,(H2,25,26,30)/t21-/m0/s1. The molecule has 0 aliphatic carbocycles. The van der Waals surface area contributed by atoms with E-state index in [0.29, 0.717) is 17.8 Å². The number of likely N-dealkylation sites (N-methyl/N-ethyl adjacent to an activating group) is 1. The van der Waals surface area contributed by atoms with Crippen LogP contribution >= 0.6 is 0 Å². The number of methoxy groups -OCH3 is 1. The third-order valence-electron chi connectivity index (χ3n) is 5.45. The Morgan fingerprint density at radius 3 is 2.42 bits per heavy atom. The summed E-state index contributed by atoms with van der Waals surface area (Å²) in [5.41, 5.74) is 2.71. The van der Waals surface area contributed by atoms with Gasteiger partial charge in [-0.25, -0.2) is 14.0 Å². The van der Waals surface area contributed by atoms with Crippen LogP contribution in [0.25, 0.3) is 0 Å². The first kappa shape index (κ1) is 22.6. The van der Waals surface area contributed by atoms with Gasteiger partial charge < -0.3 is 25.2 Å². The molecule has 3 rings (SSSR count). The lowest BCUT2D eigenvalue weighted by molar-refractivity contribution is 0.0600. The van der Waals surface area contributed by atoms with Crippen LogP contribution in [0.2, 0.25) is 0 Å². The molecule has 2 amide bonds. The van der Waals surface area contributed by atoms with E-state index in [-0.39, 0.29) is 17.9 Å². The van der Waals surface area contributed by atoms with E-state index in [2.05, 4.69) is 15.5 Å². The number of halogens is 1. The van der Waals surface area contributed by atoms with Gasteiger partial charge >= 0.3 is 12.0 Å². The van der Waals surface area contributed by atoms with Crippen molar-refractivity contribution in [3.63, 3.8) is 0 Å². The van der Waals surface area contributed by atoms with Gasteiger partial charge in [0.1, 0.15) is 5.82 Å². The van der Waals surface area contributed by atoms with Crippen LogP contribution in [0.3, 0.4) is 0 Å². The molecule has 0 saturated carbocycles. The first-order chi connectivity index (χ1) is 14.9. The fourth-order valence-electron chi connectivity index (χ4n) is 3.75. The Morgan fingerprint density at radius 1 is 1.13 bits per heavy atom. The van der Waals surface area contributed by atoms with Gasteiger partial charge in [-0.1, -0.05) is 12.1 Å². The van der Waals surface area contributed by atoms with Crippen molar-refractivity contribution in [3.05, 3.63) is 59.4 Å². The molecule has 2 aromatic rings. The fourth-order valence-corrected chi connectivity index (χ4v) is 3.75. The zero-order valence-electron chi connectivity index (χ0n) is 18.2. The number of nitrogens with zero attached hydrogens (tertiary/aromatic N) is 2. The number of carbonyl (C=O) groups is 2. The molecule has 7 nitrogen and oxygen atoms in total. The van der Waals surface area contributed by atoms with Crippen molar-refractivity contribution in [1.29, 1.82) is 0 Å². The van der Waals surface area contributed by atoms with E-state index in [1.54, 1.807) is 24.3 Å². The highest BCUT2D eigenvalue weighted by Gasteiger charge is 2.20. The van der Waals surface area contributed by atoms with Gasteiger partial charge in [-0.15, -0.1) is 0 Å². The normalized spacial score (nSPS) is 14.4. The van der Waals surface area contributed by atoms with Crippen molar-refractivity contribution in [2.24, 2.45) is 0 Å². The minimum atomic E-state index is -0.458. The number of urea groups is 1. The van der Waals surface area contributed by atoms with Crippen LogP contribution in [-0.4, -0.2) is 57.7 Å². The predicted octanol–water partition coefficient (Wildman–Crippen LogP) is 3.64. The SMILES string of the molecule is COC(=O)c1ccc(N2CCCC2)c(NC(=O)NC[C@@H](c2ccc(F)cc2)N(C)C)c1. The van der Waals surface area contributed by atoms with Gasteiger partial charge in [-0.2, -0.15) is 0 Å². The molecule has 1 heterocycles. The molecule has 0 unspecified atom stereocenters. The smallest absolute Gasteiger partial charge is 0.337 e. The summed E-state index contributed by atoms with van der Waals surface area (Å²) in [5, 5.41) is 5.77. The van der Waals surface area contributed by atoms with Crippen LogP contribution in [0.15, 0.2) is 42.5 Å². The minimum absolute atomic E-state index is 0.120. The Kier molecular flexibility index (Phi) is 7.46. The molecule has 0 radical (unpaired) electrons. The molecule has 0 aromatic heterocycles. The predicted molar refractivity (Wildman–Crippen MR) is 119 cm³/mol. The molecular weight excluding hydrogens is 399 g/mol. The van der Waals surface area contributed by atoms with Gasteiger partial charge in [0.25, 0.3) is 0 Å². The molecule has 2 aromatic carbocycles. The molecule has 1 aliphatic heterocycles. The number of ether oxygens (including phenoxy) is 1. The van der Waals surface area contributed by atoms with Gasteiger partial charge in [0.05, 0.1) is 30.1 Å². The van der Waals surface area contributed by atoms with Gasteiger partial charge in [-0.05, 0) is 62.8 Å². The molecule has 1 atom stereocenters. The second kappa shape index (κ2) is 10.3. The monoisotopic (exact) mass is 428 g/mol. The zero-order valence-corrected chi connectivity index (χ0v) is 18.2. The number of esters is 1. The van der Waals surface area contributed by atoms with Crippen LogP contribution in [0.5, 0.6) is 0 Å². The largest absolute Gasteiger partial charge is 0.465 e. The average Bonchev–Trinajstić information content (AvgIpc) is 3.29. The number of amides is 2. The summed E-state index contributed by atoms with van der Waals surface area (Å²) in [7, 11) is 5.13. The number of benzene rings is 2. The number of hydrogen-bond donors (Lipinski definition) is 2. The second-order valence-corrected chi connectivity index (χ2v) is 7.78. The molecule has 8 heteroatoms. The third kappa shape index (κ3) is 5.73. The van der Waals surface area contributed by atoms with Gasteiger partial charge in [0.15, 0.2) is 0 Å². The van der Waals surface area contributed by atoms with E-state index >= 15 is 0 Å². The highest BCUT2D eigenvalue weighted by molar-refractivity contribution is 5.97. The lowest BCUT2D eigenvalue weighted by Crippen LogP contribution is -2.37. The first-order valence-corrected chi connectivity index (χ1v) is 10.3. The molecule has 1 fully saturated rings. The number of rotatable bonds is 7. The number of carbonyl (C=O) groups excluding carboxylic acids is 2. The maximum absolute atomic E-state index is 13.3. The van der Waals surface area contributed by atoms with Gasteiger partial charge in [0, 0.05) is 19.6 Å². The van der Waals surface area contributed by atoms with Crippen LogP contribution < -0.4 is 15.5 Å². The summed E-state index contributed by atoms with van der Waals surface area (Å²) < 4.78 is 18.1. The molecule has 31 heavy (non-hydrogen) atoms. The van der Waals surface area contributed by atoms with E-state index in [1.807, 2.05) is 25.1 Å². The van der Waals surface area contributed by atoms with E-state index in [4.69, 9.17) is 4.74 Å². The maximum Gasteiger partial charge on any atom is 0.337 e. The average molecular weight is 429 g/mol. The first-order valence-electron chi connectivity index (χ1n) is 10.3. The van der Waals surface area contributed by atoms with Crippen molar-refractivity contribution in [1.82, 2.24) is 10.2 Å².